The molecule has 0 radical (unpaired) electrons. The van der Waals surface area contributed by atoms with Crippen LogP contribution >= 0.6 is 0 Å². The smallest absolute Gasteiger partial charge is 0.126 e. The van der Waals surface area contributed by atoms with Crippen LogP contribution in [0.5, 0.6) is 11.5 Å². The van der Waals surface area contributed by atoms with Crippen molar-refractivity contribution < 1.29 is 9.47 Å². The summed E-state index contributed by atoms with van der Waals surface area (Å²) in [5.41, 5.74) is 2.86. The maximum absolute atomic E-state index is 5.42. The van der Waals surface area contributed by atoms with Crippen LogP contribution in [0.15, 0.2) is 42.5 Å². The number of ether oxygens (including phenoxy) is 2. The molecule has 0 bridgehead atoms. The lowest BCUT2D eigenvalue weighted by Gasteiger charge is -2.10. The summed E-state index contributed by atoms with van der Waals surface area (Å²) < 4.78 is 10.5. The van der Waals surface area contributed by atoms with Gasteiger partial charge >= 0.3 is 0 Å². The zero-order valence-electron chi connectivity index (χ0n) is 10.4. The van der Waals surface area contributed by atoms with Gasteiger partial charge in [0.25, 0.3) is 0 Å². The average molecular weight is 238 g/mol. The predicted molar refractivity (Wildman–Crippen MR) is 72.9 cm³/mol. The van der Waals surface area contributed by atoms with Gasteiger partial charge in [0.1, 0.15) is 11.5 Å². The van der Waals surface area contributed by atoms with E-state index in [1.165, 1.54) is 0 Å². The maximum Gasteiger partial charge on any atom is 0.126 e. The first-order valence-electron chi connectivity index (χ1n) is 5.57. The molecule has 2 aromatic rings. The number of hydrogen-bond donors (Lipinski definition) is 0. The Morgan fingerprint density at radius 3 is 2.22 bits per heavy atom. The van der Waals surface area contributed by atoms with Crippen molar-refractivity contribution in [1.29, 1.82) is 0 Å². The number of methoxy groups -OCH3 is 2. The maximum atomic E-state index is 5.42. The molecule has 2 rings (SSSR count). The largest absolute Gasteiger partial charge is 0.497 e. The van der Waals surface area contributed by atoms with Crippen LogP contribution in [0.25, 0.3) is 11.1 Å². The number of hydrogen-bond acceptors (Lipinski definition) is 2. The Hall–Kier alpha value is -2.40. The lowest BCUT2D eigenvalue weighted by molar-refractivity contribution is 0.414. The van der Waals surface area contributed by atoms with E-state index in [-0.39, 0.29) is 0 Å². The molecular formula is C16H14O2. The molecule has 2 aromatic carbocycles. The molecule has 2 nitrogen and oxygen atoms in total. The summed E-state index contributed by atoms with van der Waals surface area (Å²) in [7, 11) is 3.30. The quantitative estimate of drug-likeness (QED) is 0.763. The second kappa shape index (κ2) is 5.29. The predicted octanol–water partition coefficient (Wildman–Crippen LogP) is 3.35. The van der Waals surface area contributed by atoms with Gasteiger partial charge in [-0.25, -0.2) is 0 Å². The number of terminal acetylenes is 1. The van der Waals surface area contributed by atoms with E-state index in [4.69, 9.17) is 15.9 Å². The van der Waals surface area contributed by atoms with Crippen molar-refractivity contribution in [1.82, 2.24) is 0 Å². The van der Waals surface area contributed by atoms with E-state index in [2.05, 4.69) is 5.92 Å². The first-order valence-corrected chi connectivity index (χ1v) is 5.57. The normalized spacial score (nSPS) is 9.61. The van der Waals surface area contributed by atoms with Gasteiger partial charge in [0.2, 0.25) is 0 Å². The molecule has 0 N–H and O–H groups in total. The minimum atomic E-state index is 0.805. The second-order valence-electron chi connectivity index (χ2n) is 3.79. The molecular weight excluding hydrogens is 224 g/mol. The van der Waals surface area contributed by atoms with Crippen molar-refractivity contribution in [3.63, 3.8) is 0 Å². The van der Waals surface area contributed by atoms with Gasteiger partial charge in [-0.3, -0.25) is 0 Å². The Bertz CT molecular complexity index is 577. The Kier molecular flexibility index (Phi) is 3.54. The molecule has 0 aromatic heterocycles. The molecule has 0 unspecified atom stereocenters. The first-order chi connectivity index (χ1) is 8.78. The van der Waals surface area contributed by atoms with Crippen LogP contribution in [-0.2, 0) is 0 Å². The Balaban J connectivity index is 2.50. The van der Waals surface area contributed by atoms with Crippen molar-refractivity contribution >= 4 is 0 Å². The van der Waals surface area contributed by atoms with Crippen LogP contribution in [0.1, 0.15) is 5.56 Å². The summed E-state index contributed by atoms with van der Waals surface area (Å²) in [6.45, 7) is 0. The fourth-order valence-electron chi connectivity index (χ4n) is 1.79. The van der Waals surface area contributed by atoms with Crippen molar-refractivity contribution in [2.45, 2.75) is 0 Å². The third-order valence-electron chi connectivity index (χ3n) is 2.77. The van der Waals surface area contributed by atoms with E-state index in [1.54, 1.807) is 14.2 Å². The molecule has 0 aliphatic carbocycles. The molecule has 0 saturated carbocycles. The SMILES string of the molecule is C#Cc1ccc(OC)c(-c2ccc(OC)cc2)c1. The molecule has 0 saturated heterocycles. The van der Waals surface area contributed by atoms with E-state index in [0.29, 0.717) is 0 Å². The van der Waals surface area contributed by atoms with Gasteiger partial charge < -0.3 is 9.47 Å². The van der Waals surface area contributed by atoms with Crippen molar-refractivity contribution in [3.05, 3.63) is 48.0 Å². The van der Waals surface area contributed by atoms with Gasteiger partial charge in [-0.05, 0) is 35.9 Å². The van der Waals surface area contributed by atoms with Crippen LogP contribution < -0.4 is 9.47 Å². The molecule has 0 aliphatic rings. The minimum absolute atomic E-state index is 0.805. The molecule has 2 heteroatoms. The molecule has 0 spiro atoms. The highest BCUT2D eigenvalue weighted by atomic mass is 16.5. The minimum Gasteiger partial charge on any atom is -0.497 e. The van der Waals surface area contributed by atoms with Crippen molar-refractivity contribution in [2.24, 2.45) is 0 Å². The zero-order valence-corrected chi connectivity index (χ0v) is 10.4. The monoisotopic (exact) mass is 238 g/mol. The molecule has 0 heterocycles. The molecule has 0 amide bonds. The highest BCUT2D eigenvalue weighted by Crippen LogP contribution is 2.31. The molecule has 90 valence electrons. The standard InChI is InChI=1S/C16H14O2/c1-4-12-5-10-16(18-3)15(11-12)13-6-8-14(17-2)9-7-13/h1,5-11H,2-3H3. The Labute approximate surface area is 107 Å². The number of rotatable bonds is 3. The van der Waals surface area contributed by atoms with Gasteiger partial charge in [0.15, 0.2) is 0 Å². The molecule has 0 fully saturated rings. The van der Waals surface area contributed by atoms with Crippen molar-refractivity contribution in [3.8, 4) is 35.0 Å². The van der Waals surface area contributed by atoms with Crippen LogP contribution in [0, 0.1) is 12.3 Å². The number of benzene rings is 2. The van der Waals surface area contributed by atoms with Crippen molar-refractivity contribution in [2.75, 3.05) is 14.2 Å². The fraction of sp³-hybridized carbons (Fsp3) is 0.125. The molecule has 18 heavy (non-hydrogen) atoms. The third-order valence-corrected chi connectivity index (χ3v) is 2.77. The lowest BCUT2D eigenvalue weighted by atomic mass is 10.0. The van der Waals surface area contributed by atoms with E-state index < -0.39 is 0 Å². The third kappa shape index (κ3) is 2.31. The van der Waals surface area contributed by atoms with Gasteiger partial charge in [-0.2, -0.15) is 0 Å². The summed E-state index contributed by atoms with van der Waals surface area (Å²) >= 11 is 0. The van der Waals surface area contributed by atoms with Crippen LogP contribution in [0.3, 0.4) is 0 Å². The highest BCUT2D eigenvalue weighted by Gasteiger charge is 2.06. The van der Waals surface area contributed by atoms with Gasteiger partial charge in [0.05, 0.1) is 14.2 Å². The first kappa shape index (κ1) is 12.1. The molecule has 0 atom stereocenters. The topological polar surface area (TPSA) is 18.5 Å². The summed E-state index contributed by atoms with van der Waals surface area (Å²) in [6.07, 6.45) is 5.42. The summed E-state index contributed by atoms with van der Waals surface area (Å²) in [6, 6.07) is 13.5. The Morgan fingerprint density at radius 2 is 1.67 bits per heavy atom. The van der Waals surface area contributed by atoms with E-state index in [1.807, 2.05) is 42.5 Å². The van der Waals surface area contributed by atoms with E-state index >= 15 is 0 Å². The van der Waals surface area contributed by atoms with Crippen LogP contribution in [0.4, 0.5) is 0 Å². The molecule has 0 aliphatic heterocycles. The zero-order chi connectivity index (χ0) is 13.0. The van der Waals surface area contributed by atoms with E-state index in [9.17, 15) is 0 Å². The summed E-state index contributed by atoms with van der Waals surface area (Å²) in [5, 5.41) is 0. The average Bonchev–Trinajstić information content (AvgIpc) is 2.46. The highest BCUT2D eigenvalue weighted by molar-refractivity contribution is 5.72. The lowest BCUT2D eigenvalue weighted by Crippen LogP contribution is -1.89. The van der Waals surface area contributed by atoms with Gasteiger partial charge in [-0.15, -0.1) is 6.42 Å². The summed E-state index contributed by atoms with van der Waals surface area (Å²) in [4.78, 5) is 0. The summed E-state index contributed by atoms with van der Waals surface area (Å²) in [5.74, 6) is 4.26. The van der Waals surface area contributed by atoms with Gasteiger partial charge in [-0.1, -0.05) is 18.1 Å². The van der Waals surface area contributed by atoms with Crippen LogP contribution in [-0.4, -0.2) is 14.2 Å². The van der Waals surface area contributed by atoms with E-state index in [0.717, 1.165) is 28.2 Å². The van der Waals surface area contributed by atoms with Crippen LogP contribution in [0.2, 0.25) is 0 Å². The fourth-order valence-corrected chi connectivity index (χ4v) is 1.79. The second-order valence-corrected chi connectivity index (χ2v) is 3.79. The van der Waals surface area contributed by atoms with Gasteiger partial charge in [0, 0.05) is 11.1 Å². The Morgan fingerprint density at radius 1 is 0.944 bits per heavy atom.